The summed E-state index contributed by atoms with van der Waals surface area (Å²) in [6.07, 6.45) is 0. The Morgan fingerprint density at radius 1 is 1.40 bits per heavy atom. The molecule has 0 spiro atoms. The molecular formula is C6H12N2O5S2. The predicted octanol–water partition coefficient (Wildman–Crippen LogP) is -1.79. The first-order valence-electron chi connectivity index (χ1n) is 3.92. The van der Waals surface area contributed by atoms with Gasteiger partial charge in [0.25, 0.3) is 10.1 Å². The van der Waals surface area contributed by atoms with E-state index in [0.717, 1.165) is 11.8 Å². The van der Waals surface area contributed by atoms with E-state index in [-0.39, 0.29) is 24.0 Å². The summed E-state index contributed by atoms with van der Waals surface area (Å²) in [6, 6.07) is 0. The summed E-state index contributed by atoms with van der Waals surface area (Å²) < 4.78 is 28.9. The molecule has 1 amide bonds. The average Bonchev–Trinajstić information content (AvgIpc) is 2.12. The number of hydrogen-bond donors (Lipinski definition) is 3. The van der Waals surface area contributed by atoms with E-state index < -0.39 is 21.8 Å². The van der Waals surface area contributed by atoms with Crippen molar-refractivity contribution in [1.82, 2.24) is 5.32 Å². The number of thioether (sulfide) groups is 1. The van der Waals surface area contributed by atoms with Gasteiger partial charge in [0.15, 0.2) is 0 Å². The smallest absolute Gasteiger partial charge is 0.265 e. The standard InChI is InChI=1S/C6H12N2O5S2/c7-3-5(9)8-4-6(10)14-1-2-15(11,12)13/h1-4,7H2,(H,8,9)(H,11,12,13). The molecule has 0 fully saturated rings. The quantitative estimate of drug-likeness (QED) is 0.479. The lowest BCUT2D eigenvalue weighted by atomic mass is 10.6. The summed E-state index contributed by atoms with van der Waals surface area (Å²) in [6.45, 7) is -0.408. The number of carbonyl (C=O) groups excluding carboxylic acids is 2. The van der Waals surface area contributed by atoms with Gasteiger partial charge in [0, 0.05) is 5.75 Å². The molecule has 15 heavy (non-hydrogen) atoms. The Morgan fingerprint density at radius 2 is 2.00 bits per heavy atom. The fourth-order valence-electron chi connectivity index (χ4n) is 0.555. The molecule has 0 aromatic carbocycles. The Hall–Kier alpha value is -0.640. The van der Waals surface area contributed by atoms with E-state index in [0.29, 0.717) is 0 Å². The molecule has 0 aliphatic rings. The highest BCUT2D eigenvalue weighted by molar-refractivity contribution is 8.14. The molecule has 4 N–H and O–H groups in total. The van der Waals surface area contributed by atoms with Crippen molar-refractivity contribution in [2.75, 3.05) is 24.6 Å². The molecule has 0 saturated heterocycles. The summed E-state index contributed by atoms with van der Waals surface area (Å²) in [5.74, 6) is -0.997. The minimum Gasteiger partial charge on any atom is -0.347 e. The van der Waals surface area contributed by atoms with E-state index >= 15 is 0 Å². The third-order valence-corrected chi connectivity index (χ3v) is 3.07. The molecule has 0 aliphatic carbocycles. The molecule has 0 saturated carbocycles. The highest BCUT2D eigenvalue weighted by atomic mass is 32.2. The molecule has 7 nitrogen and oxygen atoms in total. The summed E-state index contributed by atoms with van der Waals surface area (Å²) in [5.41, 5.74) is 4.97. The maximum atomic E-state index is 11.0. The number of amides is 1. The minimum absolute atomic E-state index is 0.0455. The van der Waals surface area contributed by atoms with Crippen molar-refractivity contribution in [3.8, 4) is 0 Å². The molecule has 9 heteroatoms. The highest BCUT2D eigenvalue weighted by Crippen LogP contribution is 2.01. The van der Waals surface area contributed by atoms with Crippen LogP contribution in [0.15, 0.2) is 0 Å². The maximum Gasteiger partial charge on any atom is 0.265 e. The second-order valence-electron chi connectivity index (χ2n) is 2.49. The molecule has 0 atom stereocenters. The van der Waals surface area contributed by atoms with Crippen LogP contribution in [0.5, 0.6) is 0 Å². The van der Waals surface area contributed by atoms with Gasteiger partial charge in [0.1, 0.15) is 0 Å². The van der Waals surface area contributed by atoms with E-state index in [9.17, 15) is 18.0 Å². The molecule has 0 radical (unpaired) electrons. The summed E-state index contributed by atoms with van der Waals surface area (Å²) in [7, 11) is -4.04. The summed E-state index contributed by atoms with van der Waals surface area (Å²) >= 11 is 0.722. The monoisotopic (exact) mass is 256 g/mol. The van der Waals surface area contributed by atoms with Gasteiger partial charge in [-0.15, -0.1) is 0 Å². The van der Waals surface area contributed by atoms with Crippen LogP contribution in [0.1, 0.15) is 0 Å². The number of carbonyl (C=O) groups is 2. The zero-order valence-corrected chi connectivity index (χ0v) is 9.44. The molecule has 88 valence electrons. The van der Waals surface area contributed by atoms with Gasteiger partial charge >= 0.3 is 0 Å². The van der Waals surface area contributed by atoms with Crippen molar-refractivity contribution in [3.05, 3.63) is 0 Å². The van der Waals surface area contributed by atoms with Crippen molar-refractivity contribution in [2.45, 2.75) is 0 Å². The number of nitrogens with one attached hydrogen (secondary N) is 1. The Balaban J connectivity index is 3.63. The third kappa shape index (κ3) is 9.66. The first-order chi connectivity index (χ1) is 6.85. The minimum atomic E-state index is -4.04. The normalized spacial score (nSPS) is 11.1. The first-order valence-corrected chi connectivity index (χ1v) is 6.52. The molecule has 0 heterocycles. The van der Waals surface area contributed by atoms with Crippen molar-refractivity contribution in [1.29, 1.82) is 0 Å². The zero-order valence-electron chi connectivity index (χ0n) is 7.80. The highest BCUT2D eigenvalue weighted by Gasteiger charge is 2.08. The second kappa shape index (κ2) is 6.77. The Kier molecular flexibility index (Phi) is 6.48. The summed E-state index contributed by atoms with van der Waals surface area (Å²) in [4.78, 5) is 21.6. The van der Waals surface area contributed by atoms with Crippen LogP contribution in [-0.4, -0.2) is 48.6 Å². The SMILES string of the molecule is NCC(=O)NCC(=O)SCCS(=O)(=O)O. The first kappa shape index (κ1) is 14.4. The van der Waals surface area contributed by atoms with E-state index in [1.165, 1.54) is 0 Å². The lowest BCUT2D eigenvalue weighted by Crippen LogP contribution is -2.33. The molecule has 0 bridgehead atoms. The fourth-order valence-corrected chi connectivity index (χ4v) is 2.13. The van der Waals surface area contributed by atoms with Gasteiger partial charge in [-0.25, -0.2) is 0 Å². The second-order valence-corrected chi connectivity index (χ2v) is 5.21. The van der Waals surface area contributed by atoms with Gasteiger partial charge in [-0.1, -0.05) is 11.8 Å². The fraction of sp³-hybridized carbons (Fsp3) is 0.667. The van der Waals surface area contributed by atoms with Gasteiger partial charge in [-0.2, -0.15) is 8.42 Å². The molecule has 0 aromatic rings. The molecular weight excluding hydrogens is 244 g/mol. The number of rotatable bonds is 6. The Morgan fingerprint density at radius 3 is 2.47 bits per heavy atom. The van der Waals surface area contributed by atoms with Crippen LogP contribution >= 0.6 is 11.8 Å². The lowest BCUT2D eigenvalue weighted by Gasteiger charge is -2.01. The number of nitrogens with two attached hydrogens (primary N) is 1. The molecule has 0 unspecified atom stereocenters. The van der Waals surface area contributed by atoms with E-state index in [1.807, 2.05) is 0 Å². The lowest BCUT2D eigenvalue weighted by molar-refractivity contribution is -0.121. The van der Waals surface area contributed by atoms with E-state index in [1.54, 1.807) is 0 Å². The van der Waals surface area contributed by atoms with Gasteiger partial charge in [-0.05, 0) is 0 Å². The van der Waals surface area contributed by atoms with Crippen LogP contribution in [0.2, 0.25) is 0 Å². The van der Waals surface area contributed by atoms with Crippen LogP contribution in [0.25, 0.3) is 0 Å². The van der Waals surface area contributed by atoms with Crippen molar-refractivity contribution >= 4 is 32.9 Å². The third-order valence-electron chi connectivity index (χ3n) is 1.22. The maximum absolute atomic E-state index is 11.0. The van der Waals surface area contributed by atoms with Crippen LogP contribution < -0.4 is 11.1 Å². The van der Waals surface area contributed by atoms with Gasteiger partial charge in [0.2, 0.25) is 11.0 Å². The zero-order chi connectivity index (χ0) is 11.9. The molecule has 0 rings (SSSR count). The molecule has 0 aromatic heterocycles. The van der Waals surface area contributed by atoms with E-state index in [2.05, 4.69) is 5.32 Å². The van der Waals surface area contributed by atoms with Gasteiger partial charge in [-0.3, -0.25) is 14.1 Å². The van der Waals surface area contributed by atoms with Crippen LogP contribution in [0, 0.1) is 0 Å². The van der Waals surface area contributed by atoms with Gasteiger partial charge < -0.3 is 11.1 Å². The Labute approximate surface area is 91.5 Å². The largest absolute Gasteiger partial charge is 0.347 e. The van der Waals surface area contributed by atoms with Crippen LogP contribution in [0.4, 0.5) is 0 Å². The summed E-state index contributed by atoms with van der Waals surface area (Å²) in [5, 5.41) is 1.85. The van der Waals surface area contributed by atoms with Crippen molar-refractivity contribution in [2.24, 2.45) is 5.73 Å². The topological polar surface area (TPSA) is 127 Å². The average molecular weight is 256 g/mol. The van der Waals surface area contributed by atoms with Crippen LogP contribution in [-0.2, 0) is 19.7 Å². The number of hydrogen-bond acceptors (Lipinski definition) is 6. The van der Waals surface area contributed by atoms with Crippen molar-refractivity contribution in [3.63, 3.8) is 0 Å². The van der Waals surface area contributed by atoms with Gasteiger partial charge in [0.05, 0.1) is 18.8 Å². The predicted molar refractivity (Wildman–Crippen MR) is 55.9 cm³/mol. The molecule has 0 aliphatic heterocycles. The Bertz CT molecular complexity index is 326. The van der Waals surface area contributed by atoms with Crippen LogP contribution in [0.3, 0.4) is 0 Å². The van der Waals surface area contributed by atoms with E-state index in [4.69, 9.17) is 10.3 Å². The van der Waals surface area contributed by atoms with Crippen molar-refractivity contribution < 1.29 is 22.6 Å².